The second kappa shape index (κ2) is 6.44. The first kappa shape index (κ1) is 14.4. The van der Waals surface area contributed by atoms with Gasteiger partial charge < -0.3 is 20.1 Å². The Morgan fingerprint density at radius 3 is 2.95 bits per heavy atom. The first-order valence-electron chi connectivity index (χ1n) is 6.11. The Bertz CT molecular complexity index is 515. The minimum atomic E-state index is -0.622. The minimum absolute atomic E-state index is 0.0646. The number of anilines is 1. The summed E-state index contributed by atoms with van der Waals surface area (Å²) < 4.78 is 23.4. The molecule has 7 heteroatoms. The molecule has 1 saturated heterocycles. The van der Waals surface area contributed by atoms with E-state index in [0.717, 1.165) is 6.07 Å². The van der Waals surface area contributed by atoms with Crippen LogP contribution in [0.1, 0.15) is 10.4 Å². The summed E-state index contributed by atoms with van der Waals surface area (Å²) in [7, 11) is 1.23. The number of esters is 1. The second-order valence-corrected chi connectivity index (χ2v) is 4.26. The molecule has 0 aromatic heterocycles. The summed E-state index contributed by atoms with van der Waals surface area (Å²) in [4.78, 5) is 23.3. The van der Waals surface area contributed by atoms with Crippen LogP contribution in [0.3, 0.4) is 0 Å². The number of morpholine rings is 1. The fraction of sp³-hybridized carbons (Fsp3) is 0.385. The Labute approximate surface area is 115 Å². The molecule has 1 atom stereocenters. The van der Waals surface area contributed by atoms with Gasteiger partial charge in [-0.1, -0.05) is 0 Å². The van der Waals surface area contributed by atoms with Gasteiger partial charge in [0.05, 0.1) is 31.6 Å². The van der Waals surface area contributed by atoms with Gasteiger partial charge in [0.15, 0.2) is 0 Å². The first-order valence-corrected chi connectivity index (χ1v) is 6.11. The van der Waals surface area contributed by atoms with E-state index in [2.05, 4.69) is 15.4 Å². The number of nitrogens with one attached hydrogen (secondary N) is 2. The molecular formula is C13H15FN2O4. The number of amides is 1. The molecule has 6 nitrogen and oxygen atoms in total. The average molecular weight is 282 g/mol. The lowest BCUT2D eigenvalue weighted by Crippen LogP contribution is -2.48. The third kappa shape index (κ3) is 3.31. The third-order valence-electron chi connectivity index (χ3n) is 2.88. The highest BCUT2D eigenvalue weighted by atomic mass is 19.1. The molecule has 2 rings (SSSR count). The Balaban J connectivity index is 2.11. The van der Waals surface area contributed by atoms with Gasteiger partial charge in [0.2, 0.25) is 5.91 Å². The molecule has 1 aromatic rings. The standard InChI is InChI=1S/C13H15FN2O4/c1-19-13(18)8-2-3-9(14)10(6-8)16-12(17)11-7-20-5-4-15-11/h2-3,6,11,15H,4-5,7H2,1H3,(H,16,17). The molecule has 1 unspecified atom stereocenters. The maximum absolute atomic E-state index is 13.6. The van der Waals surface area contributed by atoms with E-state index in [1.54, 1.807) is 0 Å². The van der Waals surface area contributed by atoms with E-state index in [4.69, 9.17) is 4.74 Å². The van der Waals surface area contributed by atoms with Gasteiger partial charge >= 0.3 is 5.97 Å². The van der Waals surface area contributed by atoms with Crippen LogP contribution in [0.4, 0.5) is 10.1 Å². The maximum Gasteiger partial charge on any atom is 0.337 e. The fourth-order valence-corrected chi connectivity index (χ4v) is 1.82. The van der Waals surface area contributed by atoms with Gasteiger partial charge in [0, 0.05) is 6.54 Å². The molecule has 0 aliphatic carbocycles. The largest absolute Gasteiger partial charge is 0.465 e. The summed E-state index contributed by atoms with van der Waals surface area (Å²) in [6.45, 7) is 1.32. The zero-order chi connectivity index (χ0) is 14.5. The molecule has 108 valence electrons. The number of benzene rings is 1. The van der Waals surface area contributed by atoms with Gasteiger partial charge in [-0.15, -0.1) is 0 Å². The van der Waals surface area contributed by atoms with E-state index in [-0.39, 0.29) is 17.9 Å². The van der Waals surface area contributed by atoms with Crippen molar-refractivity contribution < 1.29 is 23.5 Å². The number of rotatable bonds is 3. The Morgan fingerprint density at radius 2 is 2.30 bits per heavy atom. The lowest BCUT2D eigenvalue weighted by Gasteiger charge is -2.23. The highest BCUT2D eigenvalue weighted by Gasteiger charge is 2.22. The molecule has 1 aliphatic heterocycles. The Kier molecular flexibility index (Phi) is 4.65. The third-order valence-corrected chi connectivity index (χ3v) is 2.88. The van der Waals surface area contributed by atoms with E-state index in [1.807, 2.05) is 0 Å². The van der Waals surface area contributed by atoms with Crippen LogP contribution in [0.5, 0.6) is 0 Å². The monoisotopic (exact) mass is 282 g/mol. The molecule has 1 amide bonds. The molecule has 1 aromatic carbocycles. The van der Waals surface area contributed by atoms with E-state index in [1.165, 1.54) is 19.2 Å². The predicted molar refractivity (Wildman–Crippen MR) is 69.0 cm³/mol. The molecule has 0 bridgehead atoms. The molecule has 0 saturated carbocycles. The van der Waals surface area contributed by atoms with Crippen molar-refractivity contribution in [2.75, 3.05) is 32.2 Å². The van der Waals surface area contributed by atoms with Crippen molar-refractivity contribution in [3.05, 3.63) is 29.6 Å². The van der Waals surface area contributed by atoms with Crippen LogP contribution in [-0.2, 0) is 14.3 Å². The molecule has 0 radical (unpaired) electrons. The first-order chi connectivity index (χ1) is 9.61. The predicted octanol–water partition coefficient (Wildman–Crippen LogP) is 0.539. The number of hydrogen-bond acceptors (Lipinski definition) is 5. The van der Waals surface area contributed by atoms with Gasteiger partial charge in [-0.2, -0.15) is 0 Å². The molecule has 1 aliphatic rings. The topological polar surface area (TPSA) is 76.7 Å². The van der Waals surface area contributed by atoms with E-state index in [9.17, 15) is 14.0 Å². The normalized spacial score (nSPS) is 18.4. The van der Waals surface area contributed by atoms with E-state index < -0.39 is 23.7 Å². The number of hydrogen-bond donors (Lipinski definition) is 2. The van der Waals surface area contributed by atoms with Crippen LogP contribution in [-0.4, -0.2) is 44.8 Å². The maximum atomic E-state index is 13.6. The van der Waals surface area contributed by atoms with Crippen LogP contribution in [0.25, 0.3) is 0 Å². The smallest absolute Gasteiger partial charge is 0.337 e. The number of ether oxygens (including phenoxy) is 2. The molecule has 20 heavy (non-hydrogen) atoms. The van der Waals surface area contributed by atoms with Gasteiger partial charge in [-0.05, 0) is 18.2 Å². The summed E-state index contributed by atoms with van der Waals surface area (Å²) >= 11 is 0. The van der Waals surface area contributed by atoms with Crippen molar-refractivity contribution in [1.82, 2.24) is 5.32 Å². The number of carbonyl (C=O) groups is 2. The highest BCUT2D eigenvalue weighted by Crippen LogP contribution is 2.17. The van der Waals surface area contributed by atoms with Crippen molar-refractivity contribution in [3.8, 4) is 0 Å². The van der Waals surface area contributed by atoms with Crippen LogP contribution in [0.2, 0.25) is 0 Å². The number of halogens is 1. The molecule has 2 N–H and O–H groups in total. The quantitative estimate of drug-likeness (QED) is 0.791. The second-order valence-electron chi connectivity index (χ2n) is 4.26. The SMILES string of the molecule is COC(=O)c1ccc(F)c(NC(=O)C2COCCN2)c1. The minimum Gasteiger partial charge on any atom is -0.465 e. The van der Waals surface area contributed by atoms with Crippen molar-refractivity contribution in [3.63, 3.8) is 0 Å². The van der Waals surface area contributed by atoms with Crippen molar-refractivity contribution >= 4 is 17.6 Å². The van der Waals surface area contributed by atoms with Crippen molar-refractivity contribution in [1.29, 1.82) is 0 Å². The van der Waals surface area contributed by atoms with Crippen molar-refractivity contribution in [2.45, 2.75) is 6.04 Å². The molecule has 1 heterocycles. The zero-order valence-corrected chi connectivity index (χ0v) is 10.9. The zero-order valence-electron chi connectivity index (χ0n) is 10.9. The van der Waals surface area contributed by atoms with Gasteiger partial charge in [0.1, 0.15) is 11.9 Å². The Hall–Kier alpha value is -1.99. The number of carbonyl (C=O) groups excluding carboxylic acids is 2. The fourth-order valence-electron chi connectivity index (χ4n) is 1.82. The van der Waals surface area contributed by atoms with Gasteiger partial charge in [0.25, 0.3) is 0 Å². The lowest BCUT2D eigenvalue weighted by molar-refractivity contribution is -0.120. The van der Waals surface area contributed by atoms with Crippen LogP contribution >= 0.6 is 0 Å². The molecule has 0 spiro atoms. The average Bonchev–Trinajstić information content (AvgIpc) is 2.49. The van der Waals surface area contributed by atoms with Gasteiger partial charge in [-0.25, -0.2) is 9.18 Å². The van der Waals surface area contributed by atoms with Crippen LogP contribution < -0.4 is 10.6 Å². The van der Waals surface area contributed by atoms with Crippen LogP contribution in [0.15, 0.2) is 18.2 Å². The molecule has 1 fully saturated rings. The van der Waals surface area contributed by atoms with E-state index >= 15 is 0 Å². The summed E-state index contributed by atoms with van der Waals surface area (Å²) in [5.74, 6) is -1.63. The summed E-state index contributed by atoms with van der Waals surface area (Å²) in [6, 6.07) is 3.10. The van der Waals surface area contributed by atoms with Crippen molar-refractivity contribution in [2.24, 2.45) is 0 Å². The molecular weight excluding hydrogens is 267 g/mol. The van der Waals surface area contributed by atoms with Crippen LogP contribution in [0, 0.1) is 5.82 Å². The van der Waals surface area contributed by atoms with Gasteiger partial charge in [-0.3, -0.25) is 4.79 Å². The number of methoxy groups -OCH3 is 1. The highest BCUT2D eigenvalue weighted by molar-refractivity contribution is 5.97. The summed E-state index contributed by atoms with van der Waals surface area (Å²) in [5, 5.41) is 5.39. The lowest BCUT2D eigenvalue weighted by atomic mass is 10.2. The Morgan fingerprint density at radius 1 is 1.50 bits per heavy atom. The summed E-state index contributed by atoms with van der Waals surface area (Å²) in [5.41, 5.74) is 0.0994. The van der Waals surface area contributed by atoms with E-state index in [0.29, 0.717) is 13.2 Å². The summed E-state index contributed by atoms with van der Waals surface area (Å²) in [6.07, 6.45) is 0.